The predicted octanol–water partition coefficient (Wildman–Crippen LogP) is 1.71. The van der Waals surface area contributed by atoms with Crippen LogP contribution in [0, 0.1) is 0 Å². The lowest BCUT2D eigenvalue weighted by atomic mass is 10.1. The molecule has 0 atom stereocenters. The van der Waals surface area contributed by atoms with Crippen molar-refractivity contribution in [2.24, 2.45) is 0 Å². The lowest BCUT2D eigenvalue weighted by Crippen LogP contribution is -2.24. The number of phenolic OH excluding ortho intramolecular Hbond substituents is 1. The van der Waals surface area contributed by atoms with Crippen molar-refractivity contribution in [3.8, 4) is 5.75 Å². The molecule has 0 bridgehead atoms. The summed E-state index contributed by atoms with van der Waals surface area (Å²) in [5.74, 6) is 0.0265. The van der Waals surface area contributed by atoms with Crippen LogP contribution < -0.4 is 5.32 Å². The quantitative estimate of drug-likeness (QED) is 0.865. The van der Waals surface area contributed by atoms with E-state index in [1.165, 1.54) is 11.3 Å². The number of benzene rings is 1. The van der Waals surface area contributed by atoms with E-state index in [9.17, 15) is 9.90 Å². The van der Waals surface area contributed by atoms with E-state index in [0.29, 0.717) is 12.1 Å². The average Bonchev–Trinajstić information content (AvgIpc) is 2.82. The summed E-state index contributed by atoms with van der Waals surface area (Å²) in [6.07, 6.45) is 1.88. The van der Waals surface area contributed by atoms with E-state index in [1.54, 1.807) is 30.5 Å². The molecule has 5 heteroatoms. The number of para-hydroxylation sites is 1. The molecule has 0 unspecified atom stereocenters. The molecule has 0 radical (unpaired) electrons. The van der Waals surface area contributed by atoms with Gasteiger partial charge in [-0.3, -0.25) is 4.79 Å². The van der Waals surface area contributed by atoms with Crippen LogP contribution in [0.25, 0.3) is 0 Å². The van der Waals surface area contributed by atoms with Crippen molar-refractivity contribution in [2.75, 3.05) is 0 Å². The van der Waals surface area contributed by atoms with Gasteiger partial charge in [0.25, 0.3) is 0 Å². The van der Waals surface area contributed by atoms with Gasteiger partial charge in [-0.05, 0) is 6.07 Å². The molecular weight excluding hydrogens is 236 g/mol. The van der Waals surface area contributed by atoms with Gasteiger partial charge in [-0.15, -0.1) is 11.3 Å². The minimum Gasteiger partial charge on any atom is -0.508 e. The van der Waals surface area contributed by atoms with Crippen LogP contribution in [0.4, 0.5) is 0 Å². The molecule has 2 aromatic rings. The largest absolute Gasteiger partial charge is 0.508 e. The van der Waals surface area contributed by atoms with Crippen LogP contribution in [0.2, 0.25) is 0 Å². The fraction of sp³-hybridized carbons (Fsp3) is 0.167. The van der Waals surface area contributed by atoms with Crippen LogP contribution in [0.15, 0.2) is 35.8 Å². The maximum atomic E-state index is 11.6. The zero-order valence-corrected chi connectivity index (χ0v) is 9.91. The molecule has 2 N–H and O–H groups in total. The maximum absolute atomic E-state index is 11.6. The SMILES string of the molecule is O=C(Cc1ccccc1O)NCc1nccs1. The molecule has 1 aromatic carbocycles. The molecule has 1 heterocycles. The zero-order valence-electron chi connectivity index (χ0n) is 9.09. The van der Waals surface area contributed by atoms with Crippen molar-refractivity contribution in [3.63, 3.8) is 0 Å². The third kappa shape index (κ3) is 3.29. The van der Waals surface area contributed by atoms with Crippen LogP contribution in [-0.4, -0.2) is 16.0 Å². The third-order valence-corrected chi connectivity index (χ3v) is 3.04. The summed E-state index contributed by atoms with van der Waals surface area (Å²) in [6, 6.07) is 6.83. The number of nitrogens with one attached hydrogen (secondary N) is 1. The minimum absolute atomic E-state index is 0.123. The van der Waals surface area contributed by atoms with Crippen molar-refractivity contribution in [1.82, 2.24) is 10.3 Å². The number of aromatic hydroxyl groups is 1. The Bertz CT molecular complexity index is 497. The molecule has 0 saturated heterocycles. The van der Waals surface area contributed by atoms with Crippen LogP contribution in [0.5, 0.6) is 5.75 Å². The van der Waals surface area contributed by atoms with Crippen LogP contribution in [0.1, 0.15) is 10.6 Å². The van der Waals surface area contributed by atoms with E-state index in [2.05, 4.69) is 10.3 Å². The molecule has 1 aromatic heterocycles. The average molecular weight is 248 g/mol. The lowest BCUT2D eigenvalue weighted by Gasteiger charge is -2.04. The summed E-state index contributed by atoms with van der Waals surface area (Å²) in [5.41, 5.74) is 0.629. The first kappa shape index (κ1) is 11.6. The number of aromatic nitrogens is 1. The Balaban J connectivity index is 1.87. The van der Waals surface area contributed by atoms with Crippen molar-refractivity contribution >= 4 is 17.2 Å². The molecule has 4 nitrogen and oxygen atoms in total. The Kier molecular flexibility index (Phi) is 3.72. The molecular formula is C12H12N2O2S. The number of hydrogen-bond donors (Lipinski definition) is 2. The molecule has 2 rings (SSSR count). The molecule has 0 aliphatic rings. The van der Waals surface area contributed by atoms with Gasteiger partial charge in [-0.2, -0.15) is 0 Å². The summed E-state index contributed by atoms with van der Waals surface area (Å²) in [6.45, 7) is 0.435. The number of rotatable bonds is 4. The van der Waals surface area contributed by atoms with Gasteiger partial charge in [0.15, 0.2) is 0 Å². The second-order valence-corrected chi connectivity index (χ2v) is 4.49. The van der Waals surface area contributed by atoms with Gasteiger partial charge in [-0.1, -0.05) is 18.2 Å². The highest BCUT2D eigenvalue weighted by Crippen LogP contribution is 2.15. The van der Waals surface area contributed by atoms with Gasteiger partial charge < -0.3 is 10.4 Å². The van der Waals surface area contributed by atoms with E-state index in [1.807, 2.05) is 5.38 Å². The fourth-order valence-electron chi connectivity index (χ4n) is 1.41. The van der Waals surface area contributed by atoms with Gasteiger partial charge in [0.1, 0.15) is 10.8 Å². The Hall–Kier alpha value is -1.88. The number of amides is 1. The number of phenols is 1. The first-order valence-electron chi connectivity index (χ1n) is 5.17. The van der Waals surface area contributed by atoms with Crippen molar-refractivity contribution in [1.29, 1.82) is 0 Å². The molecule has 88 valence electrons. The molecule has 0 saturated carbocycles. The molecule has 0 aliphatic carbocycles. The van der Waals surface area contributed by atoms with E-state index >= 15 is 0 Å². The highest BCUT2D eigenvalue weighted by molar-refractivity contribution is 7.09. The summed E-state index contributed by atoms with van der Waals surface area (Å²) >= 11 is 1.50. The lowest BCUT2D eigenvalue weighted by molar-refractivity contribution is -0.120. The molecule has 0 spiro atoms. The van der Waals surface area contributed by atoms with E-state index < -0.39 is 0 Å². The Labute approximate surface area is 103 Å². The Morgan fingerprint density at radius 2 is 2.24 bits per heavy atom. The maximum Gasteiger partial charge on any atom is 0.224 e. The third-order valence-electron chi connectivity index (χ3n) is 2.26. The number of carbonyl (C=O) groups excluding carboxylic acids is 1. The van der Waals surface area contributed by atoms with Gasteiger partial charge in [0.2, 0.25) is 5.91 Å². The Morgan fingerprint density at radius 1 is 1.41 bits per heavy atom. The van der Waals surface area contributed by atoms with Crippen LogP contribution >= 0.6 is 11.3 Å². The van der Waals surface area contributed by atoms with Crippen molar-refractivity contribution < 1.29 is 9.90 Å². The van der Waals surface area contributed by atoms with E-state index in [0.717, 1.165) is 5.01 Å². The van der Waals surface area contributed by atoms with Crippen LogP contribution in [-0.2, 0) is 17.8 Å². The number of thiazole rings is 1. The number of nitrogens with zero attached hydrogens (tertiary/aromatic N) is 1. The normalized spacial score (nSPS) is 10.1. The predicted molar refractivity (Wildman–Crippen MR) is 65.8 cm³/mol. The smallest absolute Gasteiger partial charge is 0.224 e. The molecule has 0 aliphatic heterocycles. The minimum atomic E-state index is -0.123. The summed E-state index contributed by atoms with van der Waals surface area (Å²) in [4.78, 5) is 15.7. The highest BCUT2D eigenvalue weighted by atomic mass is 32.1. The fourth-order valence-corrected chi connectivity index (χ4v) is 1.97. The summed E-state index contributed by atoms with van der Waals surface area (Å²) in [5, 5.41) is 15.0. The second-order valence-electron chi connectivity index (χ2n) is 3.51. The first-order chi connectivity index (χ1) is 8.25. The molecule has 17 heavy (non-hydrogen) atoms. The number of hydrogen-bond acceptors (Lipinski definition) is 4. The van der Waals surface area contributed by atoms with Crippen molar-refractivity contribution in [2.45, 2.75) is 13.0 Å². The van der Waals surface area contributed by atoms with Gasteiger partial charge in [0, 0.05) is 17.1 Å². The van der Waals surface area contributed by atoms with Gasteiger partial charge >= 0.3 is 0 Å². The first-order valence-corrected chi connectivity index (χ1v) is 6.05. The van der Waals surface area contributed by atoms with Crippen molar-refractivity contribution in [3.05, 3.63) is 46.4 Å². The summed E-state index contributed by atoms with van der Waals surface area (Å²) < 4.78 is 0. The highest BCUT2D eigenvalue weighted by Gasteiger charge is 2.07. The van der Waals surface area contributed by atoms with E-state index in [4.69, 9.17) is 0 Å². The summed E-state index contributed by atoms with van der Waals surface area (Å²) in [7, 11) is 0. The van der Waals surface area contributed by atoms with Gasteiger partial charge in [-0.25, -0.2) is 4.98 Å². The Morgan fingerprint density at radius 3 is 2.94 bits per heavy atom. The van der Waals surface area contributed by atoms with Gasteiger partial charge in [0.05, 0.1) is 13.0 Å². The van der Waals surface area contributed by atoms with Crippen LogP contribution in [0.3, 0.4) is 0 Å². The standard InChI is InChI=1S/C12H12N2O2S/c15-10-4-2-1-3-9(10)7-11(16)14-8-12-13-5-6-17-12/h1-6,15H,7-8H2,(H,14,16). The number of carbonyl (C=O) groups is 1. The second kappa shape index (κ2) is 5.45. The van der Waals surface area contributed by atoms with E-state index in [-0.39, 0.29) is 18.1 Å². The molecule has 1 amide bonds. The zero-order chi connectivity index (χ0) is 12.1. The monoisotopic (exact) mass is 248 g/mol. The molecule has 0 fully saturated rings. The topological polar surface area (TPSA) is 62.2 Å².